The number of imidazole rings is 1. The molecule has 0 saturated carbocycles. The number of hydrogen-bond donors (Lipinski definition) is 2. The Balaban J connectivity index is 1.27. The predicted octanol–water partition coefficient (Wildman–Crippen LogP) is 3.52. The van der Waals surface area contributed by atoms with E-state index in [0.717, 1.165) is 5.56 Å². The van der Waals surface area contributed by atoms with Crippen molar-refractivity contribution in [2.45, 2.75) is 19.8 Å². The van der Waals surface area contributed by atoms with Crippen LogP contribution in [0, 0.1) is 0 Å². The Morgan fingerprint density at radius 1 is 0.974 bits per heavy atom. The van der Waals surface area contributed by atoms with Gasteiger partial charge in [0.2, 0.25) is 5.95 Å². The summed E-state index contributed by atoms with van der Waals surface area (Å²) in [4.78, 5) is 34.3. The van der Waals surface area contributed by atoms with E-state index in [1.165, 1.54) is 6.33 Å². The van der Waals surface area contributed by atoms with E-state index in [-0.39, 0.29) is 49.4 Å². The number of aromatic amines is 1. The van der Waals surface area contributed by atoms with Gasteiger partial charge in [0.05, 0.1) is 19.5 Å². The summed E-state index contributed by atoms with van der Waals surface area (Å²) in [6.07, 6.45) is 1.04. The lowest BCUT2D eigenvalue weighted by Crippen LogP contribution is -2.13. The van der Waals surface area contributed by atoms with E-state index in [1.807, 2.05) is 36.4 Å². The number of nitrogen functional groups attached to an aromatic ring is 1. The molecule has 1 atom stereocenters. The van der Waals surface area contributed by atoms with Crippen molar-refractivity contribution in [2.24, 2.45) is 0 Å². The summed E-state index contributed by atoms with van der Waals surface area (Å²) in [5, 5.41) is 0. The third kappa shape index (κ3) is 6.41. The third-order valence-corrected chi connectivity index (χ3v) is 7.11. The number of nitrogens with one attached hydrogen (secondary N) is 1. The van der Waals surface area contributed by atoms with Gasteiger partial charge in [-0.05, 0) is 5.56 Å². The molecule has 0 bridgehead atoms. The fourth-order valence-electron chi connectivity index (χ4n) is 3.70. The number of rotatable bonds is 12. The largest absolute Gasteiger partial charge is 0.519 e. The molecule has 14 heteroatoms. The van der Waals surface area contributed by atoms with Crippen molar-refractivity contribution in [1.82, 2.24) is 19.5 Å². The lowest BCUT2D eigenvalue weighted by atomic mass is 10.1. The van der Waals surface area contributed by atoms with E-state index in [4.69, 9.17) is 28.4 Å². The number of benzene rings is 2. The summed E-state index contributed by atoms with van der Waals surface area (Å²) in [7, 11) is -3.86. The quantitative estimate of drug-likeness (QED) is 0.171. The maximum atomic E-state index is 13.7. The van der Waals surface area contributed by atoms with Crippen LogP contribution in [-0.2, 0) is 38.1 Å². The van der Waals surface area contributed by atoms with Crippen LogP contribution in [0.3, 0.4) is 0 Å². The SMILES string of the molecule is Nc1nc2c(ncn2CCOCP(=O)(OCc2ccccc2)OCc2oc(=O)oc2-c2ccccc2)c(=O)[nH]1. The van der Waals surface area contributed by atoms with Gasteiger partial charge in [0.1, 0.15) is 13.0 Å². The molecule has 0 saturated heterocycles. The second-order valence-electron chi connectivity index (χ2n) is 8.31. The second-order valence-corrected chi connectivity index (χ2v) is 10.3. The summed E-state index contributed by atoms with van der Waals surface area (Å²) < 4.78 is 42.6. The first-order valence-electron chi connectivity index (χ1n) is 11.8. The van der Waals surface area contributed by atoms with Gasteiger partial charge in [0.25, 0.3) is 5.56 Å². The van der Waals surface area contributed by atoms with Crippen LogP contribution in [0.2, 0.25) is 0 Å². The van der Waals surface area contributed by atoms with E-state index in [9.17, 15) is 14.2 Å². The smallest absolute Gasteiger partial charge is 0.393 e. The molecule has 202 valence electrons. The normalized spacial score (nSPS) is 13.0. The number of aromatic nitrogens is 4. The average molecular weight is 553 g/mol. The highest BCUT2D eigenvalue weighted by molar-refractivity contribution is 7.53. The molecule has 3 N–H and O–H groups in total. The van der Waals surface area contributed by atoms with Crippen molar-refractivity contribution in [3.05, 3.63) is 99.3 Å². The average Bonchev–Trinajstić information content (AvgIpc) is 3.53. The van der Waals surface area contributed by atoms with E-state index >= 15 is 0 Å². The zero-order chi connectivity index (χ0) is 27.2. The Bertz CT molecular complexity index is 1710. The van der Waals surface area contributed by atoms with E-state index in [2.05, 4.69) is 15.0 Å². The predicted molar refractivity (Wildman–Crippen MR) is 140 cm³/mol. The van der Waals surface area contributed by atoms with Crippen molar-refractivity contribution in [3.8, 4) is 11.3 Å². The minimum Gasteiger partial charge on any atom is -0.393 e. The van der Waals surface area contributed by atoms with Gasteiger partial charge >= 0.3 is 13.4 Å². The van der Waals surface area contributed by atoms with Crippen LogP contribution < -0.4 is 17.1 Å². The first kappa shape index (κ1) is 26.3. The van der Waals surface area contributed by atoms with Gasteiger partial charge in [0.15, 0.2) is 22.7 Å². The first-order valence-corrected chi connectivity index (χ1v) is 13.5. The molecule has 0 amide bonds. The molecule has 3 heterocycles. The number of ether oxygens (including phenoxy) is 1. The van der Waals surface area contributed by atoms with Crippen molar-refractivity contribution < 1.29 is 27.2 Å². The number of hydrogen-bond acceptors (Lipinski definition) is 11. The lowest BCUT2D eigenvalue weighted by Gasteiger charge is -2.18. The molecule has 3 aromatic heterocycles. The van der Waals surface area contributed by atoms with E-state index < -0.39 is 25.3 Å². The minimum absolute atomic E-state index is 0.000483. The maximum absolute atomic E-state index is 13.7. The summed E-state index contributed by atoms with van der Waals surface area (Å²) in [6.45, 7) is -0.0538. The van der Waals surface area contributed by atoms with Crippen molar-refractivity contribution in [2.75, 3.05) is 18.7 Å². The van der Waals surface area contributed by atoms with Gasteiger partial charge in [-0.25, -0.2) is 9.78 Å². The van der Waals surface area contributed by atoms with Crippen molar-refractivity contribution >= 4 is 24.7 Å². The van der Waals surface area contributed by atoms with Crippen LogP contribution in [-0.4, -0.2) is 32.5 Å². The molecule has 39 heavy (non-hydrogen) atoms. The number of anilines is 1. The standard InChI is InChI=1S/C25H24N5O8P/c26-24-28-22-20(23(31)29-24)27-15-30(22)11-12-34-16-39(33,35-13-17-7-3-1-4-8-17)36-14-19-21(38-25(32)37-19)18-9-5-2-6-10-18/h1-10,15H,11-14,16H2,(H3,26,28,29,31). The Hall–Kier alpha value is -4.29. The molecule has 0 spiro atoms. The Morgan fingerprint density at radius 2 is 1.69 bits per heavy atom. The second kappa shape index (κ2) is 11.6. The molecular weight excluding hydrogens is 529 g/mol. The van der Waals surface area contributed by atoms with Gasteiger partial charge in [0, 0.05) is 12.1 Å². The van der Waals surface area contributed by atoms with Crippen LogP contribution in [0.25, 0.3) is 22.5 Å². The number of fused-ring (bicyclic) bond motifs is 1. The van der Waals surface area contributed by atoms with Gasteiger partial charge in [-0.3, -0.25) is 18.9 Å². The zero-order valence-corrected chi connectivity index (χ0v) is 21.4. The molecule has 5 rings (SSSR count). The summed E-state index contributed by atoms with van der Waals surface area (Å²) in [5.41, 5.74) is 6.99. The molecule has 0 fully saturated rings. The van der Waals surface area contributed by atoms with Gasteiger partial charge in [-0.1, -0.05) is 60.7 Å². The molecule has 0 radical (unpaired) electrons. The van der Waals surface area contributed by atoms with Gasteiger partial charge in [-0.2, -0.15) is 4.98 Å². The monoisotopic (exact) mass is 553 g/mol. The number of H-pyrrole nitrogens is 1. The van der Waals surface area contributed by atoms with Crippen LogP contribution in [0.1, 0.15) is 11.3 Å². The maximum Gasteiger partial charge on any atom is 0.519 e. The molecular formula is C25H24N5O8P. The fourth-order valence-corrected chi connectivity index (χ4v) is 4.94. The Labute approximate surface area is 220 Å². The number of nitrogens with zero attached hydrogens (tertiary/aromatic N) is 3. The van der Waals surface area contributed by atoms with Crippen LogP contribution in [0.5, 0.6) is 0 Å². The number of nitrogens with two attached hydrogens (primary N) is 1. The topological polar surface area (TPSA) is 178 Å². The Morgan fingerprint density at radius 3 is 2.46 bits per heavy atom. The molecule has 1 unspecified atom stereocenters. The highest BCUT2D eigenvalue weighted by Gasteiger charge is 2.28. The van der Waals surface area contributed by atoms with Gasteiger partial charge < -0.3 is 28.4 Å². The zero-order valence-electron chi connectivity index (χ0n) is 20.5. The van der Waals surface area contributed by atoms with E-state index in [1.54, 1.807) is 28.8 Å². The molecule has 13 nitrogen and oxygen atoms in total. The van der Waals surface area contributed by atoms with Crippen molar-refractivity contribution in [1.29, 1.82) is 0 Å². The van der Waals surface area contributed by atoms with E-state index in [0.29, 0.717) is 11.2 Å². The summed E-state index contributed by atoms with van der Waals surface area (Å²) in [5.74, 6) is -0.717. The van der Waals surface area contributed by atoms with Crippen molar-refractivity contribution in [3.63, 3.8) is 0 Å². The summed E-state index contributed by atoms with van der Waals surface area (Å²) in [6, 6.07) is 18.0. The summed E-state index contributed by atoms with van der Waals surface area (Å²) >= 11 is 0. The molecule has 0 aliphatic rings. The Kier molecular flexibility index (Phi) is 7.84. The molecule has 0 aliphatic carbocycles. The highest BCUT2D eigenvalue weighted by atomic mass is 31.2. The molecule has 0 aliphatic heterocycles. The minimum atomic E-state index is -3.86. The van der Waals surface area contributed by atoms with Gasteiger partial charge in [-0.15, -0.1) is 0 Å². The fraction of sp³-hybridized carbons (Fsp3) is 0.200. The molecule has 5 aromatic rings. The first-order chi connectivity index (χ1) is 18.9. The van der Waals surface area contributed by atoms with Crippen LogP contribution in [0.15, 0.2) is 85.4 Å². The highest BCUT2D eigenvalue weighted by Crippen LogP contribution is 2.50. The molecule has 2 aromatic carbocycles. The van der Waals surface area contributed by atoms with Crippen LogP contribution in [0.4, 0.5) is 5.95 Å². The third-order valence-electron chi connectivity index (χ3n) is 5.56. The van der Waals surface area contributed by atoms with Crippen LogP contribution >= 0.6 is 7.60 Å². The lowest BCUT2D eigenvalue weighted by molar-refractivity contribution is 0.114.